The van der Waals surface area contributed by atoms with Gasteiger partial charge in [-0.25, -0.2) is 0 Å². The van der Waals surface area contributed by atoms with E-state index < -0.39 is 0 Å². The van der Waals surface area contributed by atoms with Crippen LogP contribution in [0.2, 0.25) is 0 Å². The Hall–Kier alpha value is -1.08. The largest absolute Gasteiger partial charge is 0.396 e. The van der Waals surface area contributed by atoms with Gasteiger partial charge in [-0.3, -0.25) is 0 Å². The molecule has 1 aliphatic rings. The molecule has 1 N–H and O–H groups in total. The second-order valence-electron chi connectivity index (χ2n) is 4.05. The van der Waals surface area contributed by atoms with Gasteiger partial charge in [0.2, 0.25) is 0 Å². The van der Waals surface area contributed by atoms with Crippen molar-refractivity contribution in [3.8, 4) is 0 Å². The lowest BCUT2D eigenvalue weighted by Gasteiger charge is -2.32. The van der Waals surface area contributed by atoms with Crippen molar-refractivity contribution in [3.63, 3.8) is 0 Å². The highest BCUT2D eigenvalue weighted by Crippen LogP contribution is 2.34. The summed E-state index contributed by atoms with van der Waals surface area (Å²) in [4.78, 5) is 0. The minimum absolute atomic E-state index is 0.292. The molecule has 1 aromatic carbocycles. The van der Waals surface area contributed by atoms with Crippen LogP contribution >= 0.6 is 0 Å². The van der Waals surface area contributed by atoms with Crippen LogP contribution in [0.25, 0.3) is 0 Å². The number of aliphatic hydroxyl groups excluding tert-OH is 1. The smallest absolute Gasteiger partial charge is 0.0502 e. The number of allylic oxidation sites excluding steroid dienone is 1. The summed E-state index contributed by atoms with van der Waals surface area (Å²) in [6.45, 7) is 2.45. The molecule has 0 amide bonds. The van der Waals surface area contributed by atoms with Crippen LogP contribution in [0.15, 0.2) is 42.0 Å². The maximum atomic E-state index is 9.16. The quantitative estimate of drug-likeness (QED) is 0.722. The Kier molecular flexibility index (Phi) is 2.69. The van der Waals surface area contributed by atoms with Gasteiger partial charge in [0, 0.05) is 5.92 Å². The second-order valence-corrected chi connectivity index (χ2v) is 4.05. The minimum Gasteiger partial charge on any atom is -0.396 e. The highest BCUT2D eigenvalue weighted by atomic mass is 16.3. The van der Waals surface area contributed by atoms with Crippen molar-refractivity contribution < 1.29 is 5.11 Å². The summed E-state index contributed by atoms with van der Waals surface area (Å²) in [5, 5.41) is 9.16. The first-order valence-corrected chi connectivity index (χ1v) is 5.16. The molecule has 74 valence electrons. The lowest BCUT2D eigenvalue weighted by Crippen LogP contribution is -2.27. The molecule has 14 heavy (non-hydrogen) atoms. The molecular weight excluding hydrogens is 172 g/mol. The molecule has 0 fully saturated rings. The fourth-order valence-electron chi connectivity index (χ4n) is 2.10. The lowest BCUT2D eigenvalue weighted by atomic mass is 9.74. The van der Waals surface area contributed by atoms with E-state index in [1.165, 1.54) is 11.1 Å². The summed E-state index contributed by atoms with van der Waals surface area (Å²) in [6, 6.07) is 10.4. The van der Waals surface area contributed by atoms with Gasteiger partial charge in [-0.05, 0) is 17.9 Å². The SMILES string of the molecule is CC1C=C(Cc2ccccc2)C1CO. The molecule has 2 atom stereocenters. The summed E-state index contributed by atoms with van der Waals surface area (Å²) >= 11 is 0. The molecule has 0 spiro atoms. The first kappa shape index (κ1) is 9.47. The highest BCUT2D eigenvalue weighted by molar-refractivity contribution is 5.29. The second kappa shape index (κ2) is 3.97. The number of aliphatic hydroxyl groups is 1. The average molecular weight is 188 g/mol. The fraction of sp³-hybridized carbons (Fsp3) is 0.385. The molecule has 1 aromatic rings. The zero-order valence-corrected chi connectivity index (χ0v) is 8.48. The number of rotatable bonds is 3. The van der Waals surface area contributed by atoms with Gasteiger partial charge in [-0.15, -0.1) is 0 Å². The first-order chi connectivity index (χ1) is 6.81. The van der Waals surface area contributed by atoms with Crippen molar-refractivity contribution in [1.29, 1.82) is 0 Å². The van der Waals surface area contributed by atoms with Gasteiger partial charge in [-0.1, -0.05) is 48.9 Å². The fourth-order valence-corrected chi connectivity index (χ4v) is 2.10. The van der Waals surface area contributed by atoms with Crippen LogP contribution in [0.5, 0.6) is 0 Å². The van der Waals surface area contributed by atoms with Crippen molar-refractivity contribution in [2.75, 3.05) is 6.61 Å². The molecule has 1 aliphatic carbocycles. The van der Waals surface area contributed by atoms with Crippen LogP contribution in [0.3, 0.4) is 0 Å². The summed E-state index contributed by atoms with van der Waals surface area (Å²) in [7, 11) is 0. The molecule has 0 saturated carbocycles. The number of hydrogen-bond donors (Lipinski definition) is 1. The van der Waals surface area contributed by atoms with Crippen molar-refractivity contribution in [3.05, 3.63) is 47.5 Å². The van der Waals surface area contributed by atoms with Crippen LogP contribution in [0.1, 0.15) is 12.5 Å². The van der Waals surface area contributed by atoms with Crippen molar-refractivity contribution in [2.45, 2.75) is 13.3 Å². The Balaban J connectivity index is 2.03. The third-order valence-corrected chi connectivity index (χ3v) is 3.04. The molecule has 2 unspecified atom stereocenters. The molecule has 0 bridgehead atoms. The van der Waals surface area contributed by atoms with E-state index in [2.05, 4.69) is 37.3 Å². The lowest BCUT2D eigenvalue weighted by molar-refractivity contribution is 0.203. The Morgan fingerprint density at radius 3 is 2.50 bits per heavy atom. The first-order valence-electron chi connectivity index (χ1n) is 5.16. The summed E-state index contributed by atoms with van der Waals surface area (Å²) < 4.78 is 0. The summed E-state index contributed by atoms with van der Waals surface area (Å²) in [5.41, 5.74) is 2.73. The average Bonchev–Trinajstić information content (AvgIpc) is 2.19. The maximum absolute atomic E-state index is 9.16. The molecule has 1 heteroatoms. The van der Waals surface area contributed by atoms with E-state index in [4.69, 9.17) is 5.11 Å². The highest BCUT2D eigenvalue weighted by Gasteiger charge is 2.27. The Morgan fingerprint density at radius 2 is 1.93 bits per heavy atom. The van der Waals surface area contributed by atoms with E-state index in [0.29, 0.717) is 18.4 Å². The third-order valence-electron chi connectivity index (χ3n) is 3.04. The minimum atomic E-state index is 0.292. The Morgan fingerprint density at radius 1 is 1.21 bits per heavy atom. The van der Waals surface area contributed by atoms with E-state index in [0.717, 1.165) is 6.42 Å². The van der Waals surface area contributed by atoms with Gasteiger partial charge in [-0.2, -0.15) is 0 Å². The van der Waals surface area contributed by atoms with Crippen LogP contribution in [0, 0.1) is 11.8 Å². The van der Waals surface area contributed by atoms with E-state index in [9.17, 15) is 0 Å². The maximum Gasteiger partial charge on any atom is 0.0502 e. The van der Waals surface area contributed by atoms with Gasteiger partial charge in [0.25, 0.3) is 0 Å². The molecule has 0 aromatic heterocycles. The Labute approximate surface area is 85.1 Å². The summed E-state index contributed by atoms with van der Waals surface area (Å²) in [5.74, 6) is 0.953. The molecule has 0 heterocycles. The number of hydrogen-bond acceptors (Lipinski definition) is 1. The molecular formula is C13H16O. The monoisotopic (exact) mass is 188 g/mol. The summed E-state index contributed by atoms with van der Waals surface area (Å²) in [6.07, 6.45) is 3.27. The normalized spacial score (nSPS) is 25.4. The van der Waals surface area contributed by atoms with E-state index in [1.807, 2.05) is 6.07 Å². The standard InChI is InChI=1S/C13H16O/c1-10-7-12(13(10)9-14)8-11-5-3-2-4-6-11/h2-7,10,13-14H,8-9H2,1H3. The zero-order chi connectivity index (χ0) is 9.97. The van der Waals surface area contributed by atoms with Gasteiger partial charge in [0.05, 0.1) is 6.61 Å². The molecule has 0 radical (unpaired) electrons. The van der Waals surface area contributed by atoms with Gasteiger partial charge < -0.3 is 5.11 Å². The predicted octanol–water partition coefficient (Wildman–Crippen LogP) is 2.41. The van der Waals surface area contributed by atoms with E-state index in [1.54, 1.807) is 0 Å². The van der Waals surface area contributed by atoms with E-state index >= 15 is 0 Å². The molecule has 2 rings (SSSR count). The van der Waals surface area contributed by atoms with Gasteiger partial charge in [0.15, 0.2) is 0 Å². The molecule has 1 nitrogen and oxygen atoms in total. The molecule has 0 aliphatic heterocycles. The van der Waals surface area contributed by atoms with Gasteiger partial charge >= 0.3 is 0 Å². The predicted molar refractivity (Wildman–Crippen MR) is 58.0 cm³/mol. The van der Waals surface area contributed by atoms with Crippen molar-refractivity contribution in [2.24, 2.45) is 11.8 Å². The Bertz CT molecular complexity index is 326. The third kappa shape index (κ3) is 1.73. The van der Waals surface area contributed by atoms with Crippen molar-refractivity contribution in [1.82, 2.24) is 0 Å². The van der Waals surface area contributed by atoms with Crippen LogP contribution in [0.4, 0.5) is 0 Å². The van der Waals surface area contributed by atoms with Crippen LogP contribution < -0.4 is 0 Å². The van der Waals surface area contributed by atoms with Crippen LogP contribution in [-0.4, -0.2) is 11.7 Å². The van der Waals surface area contributed by atoms with Crippen molar-refractivity contribution >= 4 is 0 Å². The molecule has 0 saturated heterocycles. The van der Waals surface area contributed by atoms with Gasteiger partial charge in [0.1, 0.15) is 0 Å². The topological polar surface area (TPSA) is 20.2 Å². The van der Waals surface area contributed by atoms with E-state index in [-0.39, 0.29) is 0 Å². The van der Waals surface area contributed by atoms with Crippen LogP contribution in [-0.2, 0) is 6.42 Å². The number of benzene rings is 1. The zero-order valence-electron chi connectivity index (χ0n) is 8.48.